The molecule has 1 aromatic carbocycles. The maximum atomic E-state index is 5.80. The summed E-state index contributed by atoms with van der Waals surface area (Å²) in [7, 11) is 0. The minimum absolute atomic E-state index is 0.176. The monoisotopic (exact) mass is 248 g/mol. The zero-order chi connectivity index (χ0) is 12.6. The summed E-state index contributed by atoms with van der Waals surface area (Å²) in [6.07, 6.45) is 1.77. The van der Waals surface area contributed by atoms with E-state index in [0.717, 1.165) is 11.3 Å². The molecule has 0 aliphatic carbocycles. The second-order valence-corrected chi connectivity index (χ2v) is 5.73. The van der Waals surface area contributed by atoms with E-state index in [2.05, 4.69) is 55.9 Å². The predicted molar refractivity (Wildman–Crippen MR) is 72.5 cm³/mol. The number of aromatic amines is 1. The van der Waals surface area contributed by atoms with E-state index in [1.54, 1.807) is 6.20 Å². The summed E-state index contributed by atoms with van der Waals surface area (Å²) < 4.78 is 0. The van der Waals surface area contributed by atoms with Crippen LogP contribution in [0.4, 0.5) is 0 Å². The Kier molecular flexibility index (Phi) is 3.00. The van der Waals surface area contributed by atoms with Crippen molar-refractivity contribution in [2.24, 2.45) is 0 Å². The Balaban J connectivity index is 2.45. The van der Waals surface area contributed by atoms with Gasteiger partial charge in [-0.1, -0.05) is 39.0 Å². The molecule has 2 aromatic rings. The molecule has 2 nitrogen and oxygen atoms in total. The topological polar surface area (TPSA) is 28.7 Å². The van der Waals surface area contributed by atoms with Crippen LogP contribution >= 0.6 is 11.6 Å². The molecule has 90 valence electrons. The van der Waals surface area contributed by atoms with Crippen LogP contribution in [0.15, 0.2) is 24.4 Å². The Morgan fingerprint density at radius 2 is 1.94 bits per heavy atom. The number of aromatic nitrogens is 2. The molecular formula is C14H17ClN2. The van der Waals surface area contributed by atoms with Crippen molar-refractivity contribution in [3.05, 3.63) is 40.8 Å². The van der Waals surface area contributed by atoms with Crippen molar-refractivity contribution in [3.63, 3.8) is 0 Å². The number of benzene rings is 1. The van der Waals surface area contributed by atoms with Gasteiger partial charge in [0.1, 0.15) is 0 Å². The van der Waals surface area contributed by atoms with Crippen molar-refractivity contribution >= 4 is 11.6 Å². The lowest BCUT2D eigenvalue weighted by Crippen LogP contribution is -2.11. The molecule has 0 bridgehead atoms. The molecule has 0 aliphatic rings. The number of rotatable bonds is 1. The molecule has 3 heteroatoms. The zero-order valence-corrected chi connectivity index (χ0v) is 11.4. The first-order chi connectivity index (χ1) is 7.88. The lowest BCUT2D eigenvalue weighted by molar-refractivity contribution is 0.590. The second-order valence-electron chi connectivity index (χ2n) is 5.37. The second kappa shape index (κ2) is 4.19. The quantitative estimate of drug-likeness (QED) is 0.799. The maximum Gasteiger partial charge on any atom is 0.200 e. The van der Waals surface area contributed by atoms with Crippen LogP contribution in [0.1, 0.15) is 31.9 Å². The minimum Gasteiger partial charge on any atom is -0.329 e. The SMILES string of the molecule is Cc1cc(C(C)(C)C)ccc1-c1cnc(Cl)[nH]1. The van der Waals surface area contributed by atoms with Crippen LogP contribution in [0.3, 0.4) is 0 Å². The van der Waals surface area contributed by atoms with Crippen LogP contribution in [-0.2, 0) is 5.41 Å². The van der Waals surface area contributed by atoms with E-state index in [9.17, 15) is 0 Å². The third-order valence-corrected chi connectivity index (χ3v) is 3.12. The van der Waals surface area contributed by atoms with E-state index in [4.69, 9.17) is 11.6 Å². The number of nitrogens with one attached hydrogen (secondary N) is 1. The van der Waals surface area contributed by atoms with Gasteiger partial charge in [-0.05, 0) is 35.1 Å². The van der Waals surface area contributed by atoms with E-state index < -0.39 is 0 Å². The maximum absolute atomic E-state index is 5.80. The average molecular weight is 249 g/mol. The van der Waals surface area contributed by atoms with Gasteiger partial charge in [-0.15, -0.1) is 0 Å². The Labute approximate surface area is 107 Å². The molecular weight excluding hydrogens is 232 g/mol. The highest BCUT2D eigenvalue weighted by Crippen LogP contribution is 2.28. The Hall–Kier alpha value is -1.28. The Morgan fingerprint density at radius 3 is 2.41 bits per heavy atom. The number of aryl methyl sites for hydroxylation is 1. The van der Waals surface area contributed by atoms with Gasteiger partial charge in [0, 0.05) is 5.56 Å². The number of imidazole rings is 1. The third-order valence-electron chi connectivity index (χ3n) is 2.93. The van der Waals surface area contributed by atoms with Crippen molar-refractivity contribution in [1.82, 2.24) is 9.97 Å². The van der Waals surface area contributed by atoms with Gasteiger partial charge in [0.15, 0.2) is 5.28 Å². The van der Waals surface area contributed by atoms with Crippen molar-refractivity contribution in [1.29, 1.82) is 0 Å². The summed E-state index contributed by atoms with van der Waals surface area (Å²) in [5, 5.41) is 0.430. The number of H-pyrrole nitrogens is 1. The molecule has 0 saturated heterocycles. The average Bonchev–Trinajstić information content (AvgIpc) is 2.63. The summed E-state index contributed by atoms with van der Waals surface area (Å²) in [5.41, 5.74) is 4.86. The Morgan fingerprint density at radius 1 is 1.24 bits per heavy atom. The molecule has 0 fully saturated rings. The van der Waals surface area contributed by atoms with Crippen molar-refractivity contribution in [3.8, 4) is 11.3 Å². The highest BCUT2D eigenvalue weighted by Gasteiger charge is 2.15. The van der Waals surface area contributed by atoms with Crippen molar-refractivity contribution in [2.45, 2.75) is 33.1 Å². The Bertz CT molecular complexity index is 535. The highest BCUT2D eigenvalue weighted by atomic mass is 35.5. The number of nitrogens with zero attached hydrogens (tertiary/aromatic N) is 1. The fourth-order valence-electron chi connectivity index (χ4n) is 1.87. The fourth-order valence-corrected chi connectivity index (χ4v) is 2.02. The number of hydrogen-bond donors (Lipinski definition) is 1. The van der Waals surface area contributed by atoms with E-state index in [1.165, 1.54) is 11.1 Å². The predicted octanol–water partition coefficient (Wildman–Crippen LogP) is 4.34. The zero-order valence-electron chi connectivity index (χ0n) is 10.6. The third kappa shape index (κ3) is 2.52. The standard InChI is InChI=1S/C14H17ClN2/c1-9-7-10(14(2,3)4)5-6-11(9)12-8-16-13(15)17-12/h5-8H,1-4H3,(H,16,17). The van der Waals surface area contributed by atoms with E-state index >= 15 is 0 Å². The summed E-state index contributed by atoms with van der Waals surface area (Å²) >= 11 is 5.80. The smallest absolute Gasteiger partial charge is 0.200 e. The fraction of sp³-hybridized carbons (Fsp3) is 0.357. The van der Waals surface area contributed by atoms with E-state index in [0.29, 0.717) is 5.28 Å². The van der Waals surface area contributed by atoms with Gasteiger partial charge in [0.2, 0.25) is 0 Å². The van der Waals surface area contributed by atoms with E-state index in [1.807, 2.05) is 0 Å². The van der Waals surface area contributed by atoms with Crippen molar-refractivity contribution < 1.29 is 0 Å². The first-order valence-corrected chi connectivity index (χ1v) is 6.08. The lowest BCUT2D eigenvalue weighted by atomic mass is 9.85. The molecule has 0 amide bonds. The summed E-state index contributed by atoms with van der Waals surface area (Å²) in [6, 6.07) is 6.51. The lowest BCUT2D eigenvalue weighted by Gasteiger charge is -2.20. The van der Waals surface area contributed by atoms with Gasteiger partial charge >= 0.3 is 0 Å². The van der Waals surface area contributed by atoms with Gasteiger partial charge in [0.25, 0.3) is 0 Å². The molecule has 1 N–H and O–H groups in total. The first-order valence-electron chi connectivity index (χ1n) is 5.70. The number of hydrogen-bond acceptors (Lipinski definition) is 1. The molecule has 2 rings (SSSR count). The summed E-state index contributed by atoms with van der Waals surface area (Å²) in [4.78, 5) is 7.06. The first kappa shape index (κ1) is 12.2. The normalized spacial score (nSPS) is 11.8. The summed E-state index contributed by atoms with van der Waals surface area (Å²) in [5.74, 6) is 0. The van der Waals surface area contributed by atoms with Gasteiger partial charge in [-0.25, -0.2) is 4.98 Å². The van der Waals surface area contributed by atoms with Crippen molar-refractivity contribution in [2.75, 3.05) is 0 Å². The molecule has 0 radical (unpaired) electrons. The van der Waals surface area contributed by atoms with Crippen LogP contribution in [0.25, 0.3) is 11.3 Å². The molecule has 1 heterocycles. The molecule has 0 unspecified atom stereocenters. The van der Waals surface area contributed by atoms with Gasteiger partial charge < -0.3 is 4.98 Å². The molecule has 0 aliphatic heterocycles. The van der Waals surface area contributed by atoms with Crippen LogP contribution in [0.2, 0.25) is 5.28 Å². The molecule has 0 spiro atoms. The number of halogens is 1. The largest absolute Gasteiger partial charge is 0.329 e. The highest BCUT2D eigenvalue weighted by molar-refractivity contribution is 6.28. The van der Waals surface area contributed by atoms with Crippen LogP contribution in [0.5, 0.6) is 0 Å². The van der Waals surface area contributed by atoms with Crippen LogP contribution < -0.4 is 0 Å². The van der Waals surface area contributed by atoms with Gasteiger partial charge in [0.05, 0.1) is 11.9 Å². The molecule has 0 saturated carbocycles. The molecule has 17 heavy (non-hydrogen) atoms. The minimum atomic E-state index is 0.176. The summed E-state index contributed by atoms with van der Waals surface area (Å²) in [6.45, 7) is 8.76. The van der Waals surface area contributed by atoms with Gasteiger partial charge in [-0.3, -0.25) is 0 Å². The van der Waals surface area contributed by atoms with Crippen LogP contribution in [-0.4, -0.2) is 9.97 Å². The van der Waals surface area contributed by atoms with Crippen LogP contribution in [0, 0.1) is 6.92 Å². The van der Waals surface area contributed by atoms with Gasteiger partial charge in [-0.2, -0.15) is 0 Å². The molecule has 0 atom stereocenters. The molecule has 1 aromatic heterocycles. The van der Waals surface area contributed by atoms with E-state index in [-0.39, 0.29) is 5.41 Å².